The van der Waals surface area contributed by atoms with E-state index in [0.29, 0.717) is 33.7 Å². The van der Waals surface area contributed by atoms with E-state index in [1.807, 2.05) is 32.9 Å². The van der Waals surface area contributed by atoms with E-state index in [9.17, 15) is 18.8 Å². The van der Waals surface area contributed by atoms with Gasteiger partial charge in [-0.2, -0.15) is 0 Å². The average molecular weight is 518 g/mol. The van der Waals surface area contributed by atoms with Crippen molar-refractivity contribution in [2.45, 2.75) is 39.0 Å². The zero-order valence-corrected chi connectivity index (χ0v) is 21.8. The van der Waals surface area contributed by atoms with Gasteiger partial charge < -0.3 is 5.32 Å². The summed E-state index contributed by atoms with van der Waals surface area (Å²) in [7, 11) is 0. The summed E-state index contributed by atoms with van der Waals surface area (Å²) < 4.78 is 14.7. The molecule has 4 aromatic rings. The van der Waals surface area contributed by atoms with Crippen LogP contribution in [0.25, 0.3) is 10.9 Å². The fraction of sp³-hybridized carbons (Fsp3) is 0.241. The molecule has 0 aliphatic heterocycles. The number of Topliss-reactive ketones (excluding diaryl/α,β-unsaturated/α-hetero) is 1. The lowest BCUT2D eigenvalue weighted by atomic mass is 10.1. The van der Waals surface area contributed by atoms with Crippen LogP contribution in [0.3, 0.4) is 0 Å². The molecule has 0 unspecified atom stereocenters. The molecule has 4 rings (SSSR count). The summed E-state index contributed by atoms with van der Waals surface area (Å²) in [5, 5.41) is 3.65. The Bertz CT molecular complexity index is 1500. The summed E-state index contributed by atoms with van der Waals surface area (Å²) in [6.07, 6.45) is 0. The SMILES string of the molecule is Cc1ccc(C(=O)CSc2nc3cc(C(=O)NCc4ccc(F)cc4)ccc3c(=O)n2CC(C)C)cc1. The maximum Gasteiger partial charge on any atom is 0.262 e. The quantitative estimate of drug-likeness (QED) is 0.183. The molecule has 3 aromatic carbocycles. The Morgan fingerprint density at radius 3 is 2.35 bits per heavy atom. The average Bonchev–Trinajstić information content (AvgIpc) is 2.88. The van der Waals surface area contributed by atoms with Crippen LogP contribution in [0, 0.1) is 18.7 Å². The molecular formula is C29H28FN3O3S. The molecule has 0 fully saturated rings. The van der Waals surface area contributed by atoms with Crippen molar-refractivity contribution in [2.24, 2.45) is 5.92 Å². The van der Waals surface area contributed by atoms with Crippen molar-refractivity contribution >= 4 is 34.4 Å². The van der Waals surface area contributed by atoms with Crippen LogP contribution in [0.5, 0.6) is 0 Å². The molecular weight excluding hydrogens is 489 g/mol. The third-order valence-corrected chi connectivity index (χ3v) is 6.78. The largest absolute Gasteiger partial charge is 0.348 e. The highest BCUT2D eigenvalue weighted by Crippen LogP contribution is 2.21. The van der Waals surface area contributed by atoms with Gasteiger partial charge in [-0.3, -0.25) is 19.0 Å². The lowest BCUT2D eigenvalue weighted by Gasteiger charge is -2.15. The number of halogens is 1. The van der Waals surface area contributed by atoms with Gasteiger partial charge in [-0.05, 0) is 48.7 Å². The number of hydrogen-bond donors (Lipinski definition) is 1. The first-order valence-electron chi connectivity index (χ1n) is 12.0. The molecule has 0 atom stereocenters. The predicted octanol–water partition coefficient (Wildman–Crippen LogP) is 5.41. The van der Waals surface area contributed by atoms with Crippen molar-refractivity contribution in [3.05, 3.63) is 105 Å². The molecule has 8 heteroatoms. The first-order valence-corrected chi connectivity index (χ1v) is 13.0. The molecule has 0 bridgehead atoms. The van der Waals surface area contributed by atoms with E-state index < -0.39 is 0 Å². The van der Waals surface area contributed by atoms with Crippen molar-refractivity contribution in [1.29, 1.82) is 0 Å². The van der Waals surface area contributed by atoms with Gasteiger partial charge in [0, 0.05) is 24.2 Å². The van der Waals surface area contributed by atoms with E-state index in [2.05, 4.69) is 5.32 Å². The second kappa shape index (κ2) is 11.5. The number of ketones is 1. The molecule has 190 valence electrons. The van der Waals surface area contributed by atoms with E-state index >= 15 is 0 Å². The molecule has 6 nitrogen and oxygen atoms in total. The summed E-state index contributed by atoms with van der Waals surface area (Å²) in [5.74, 6) is -0.391. The normalized spacial score (nSPS) is 11.2. The van der Waals surface area contributed by atoms with E-state index in [4.69, 9.17) is 4.98 Å². The highest BCUT2D eigenvalue weighted by atomic mass is 32.2. The van der Waals surface area contributed by atoms with Gasteiger partial charge >= 0.3 is 0 Å². The Labute approximate surface area is 218 Å². The standard InChI is InChI=1S/C29H28FN3O3S/c1-18(2)16-33-28(36)24-13-10-22(27(35)31-15-20-6-11-23(30)12-7-20)14-25(24)32-29(33)37-17-26(34)21-8-4-19(3)5-9-21/h4-14,18H,15-17H2,1-3H3,(H,31,35). The van der Waals surface area contributed by atoms with Crippen molar-refractivity contribution in [1.82, 2.24) is 14.9 Å². The molecule has 1 aromatic heterocycles. The Hall–Kier alpha value is -3.78. The maximum absolute atomic E-state index is 13.3. The summed E-state index contributed by atoms with van der Waals surface area (Å²) in [6.45, 7) is 6.68. The molecule has 37 heavy (non-hydrogen) atoms. The minimum atomic E-state index is -0.340. The van der Waals surface area contributed by atoms with Crippen molar-refractivity contribution < 1.29 is 14.0 Å². The van der Waals surface area contributed by atoms with Gasteiger partial charge in [0.1, 0.15) is 5.82 Å². The number of carbonyl (C=O) groups is 2. The highest BCUT2D eigenvalue weighted by molar-refractivity contribution is 7.99. The number of fused-ring (bicyclic) bond motifs is 1. The summed E-state index contributed by atoms with van der Waals surface area (Å²) in [4.78, 5) is 43.6. The van der Waals surface area contributed by atoms with Crippen LogP contribution < -0.4 is 10.9 Å². The Balaban J connectivity index is 1.59. The second-order valence-electron chi connectivity index (χ2n) is 9.32. The lowest BCUT2D eigenvalue weighted by Crippen LogP contribution is -2.26. The third-order valence-electron chi connectivity index (χ3n) is 5.80. The van der Waals surface area contributed by atoms with E-state index in [1.54, 1.807) is 47.0 Å². The zero-order chi connectivity index (χ0) is 26.5. The van der Waals surface area contributed by atoms with Crippen LogP contribution in [-0.2, 0) is 13.1 Å². The van der Waals surface area contributed by atoms with Gasteiger partial charge in [0.15, 0.2) is 10.9 Å². The fourth-order valence-corrected chi connectivity index (χ4v) is 4.72. The minimum Gasteiger partial charge on any atom is -0.348 e. The van der Waals surface area contributed by atoms with Gasteiger partial charge in [0.05, 0.1) is 16.7 Å². The predicted molar refractivity (Wildman–Crippen MR) is 145 cm³/mol. The van der Waals surface area contributed by atoms with Crippen molar-refractivity contribution in [3.8, 4) is 0 Å². The topological polar surface area (TPSA) is 81.1 Å². The molecule has 0 saturated carbocycles. The molecule has 1 heterocycles. The maximum atomic E-state index is 13.3. The Kier molecular flexibility index (Phi) is 8.18. The van der Waals surface area contributed by atoms with Gasteiger partial charge in [0.25, 0.3) is 11.5 Å². The smallest absolute Gasteiger partial charge is 0.262 e. The number of aromatic nitrogens is 2. The van der Waals surface area contributed by atoms with Gasteiger partial charge in [-0.1, -0.05) is 67.6 Å². The Morgan fingerprint density at radius 1 is 1.00 bits per heavy atom. The summed E-state index contributed by atoms with van der Waals surface area (Å²) >= 11 is 1.22. The van der Waals surface area contributed by atoms with Gasteiger partial charge in [-0.15, -0.1) is 0 Å². The molecule has 0 radical (unpaired) electrons. The summed E-state index contributed by atoms with van der Waals surface area (Å²) in [5.41, 5.74) is 2.99. The molecule has 1 amide bonds. The molecule has 0 aliphatic carbocycles. The molecule has 0 aliphatic rings. The van der Waals surface area contributed by atoms with Crippen LogP contribution in [0.2, 0.25) is 0 Å². The van der Waals surface area contributed by atoms with Crippen LogP contribution >= 0.6 is 11.8 Å². The molecule has 1 N–H and O–H groups in total. The highest BCUT2D eigenvalue weighted by Gasteiger charge is 2.17. The monoisotopic (exact) mass is 517 g/mol. The van der Waals surface area contributed by atoms with Crippen molar-refractivity contribution in [3.63, 3.8) is 0 Å². The van der Waals surface area contributed by atoms with E-state index in [-0.39, 0.29) is 41.3 Å². The van der Waals surface area contributed by atoms with Crippen LogP contribution in [0.4, 0.5) is 4.39 Å². The second-order valence-corrected chi connectivity index (χ2v) is 10.3. The number of hydrogen-bond acceptors (Lipinski definition) is 5. The number of amides is 1. The summed E-state index contributed by atoms with van der Waals surface area (Å²) in [6, 6.07) is 18.1. The number of rotatable bonds is 9. The number of nitrogens with zero attached hydrogens (tertiary/aromatic N) is 2. The number of benzene rings is 3. The van der Waals surface area contributed by atoms with Crippen LogP contribution in [0.1, 0.15) is 45.7 Å². The van der Waals surface area contributed by atoms with Gasteiger partial charge in [-0.25, -0.2) is 9.37 Å². The number of thioether (sulfide) groups is 1. The third kappa shape index (κ3) is 6.51. The van der Waals surface area contributed by atoms with Crippen LogP contribution in [-0.4, -0.2) is 27.0 Å². The number of aryl methyl sites for hydroxylation is 1. The van der Waals surface area contributed by atoms with E-state index in [0.717, 1.165) is 11.1 Å². The lowest BCUT2D eigenvalue weighted by molar-refractivity contribution is 0.0950. The molecule has 0 spiro atoms. The van der Waals surface area contributed by atoms with E-state index in [1.165, 1.54) is 23.9 Å². The van der Waals surface area contributed by atoms with Gasteiger partial charge in [0.2, 0.25) is 0 Å². The minimum absolute atomic E-state index is 0.0515. The molecule has 0 saturated heterocycles. The first-order chi connectivity index (χ1) is 17.7. The Morgan fingerprint density at radius 2 is 1.68 bits per heavy atom. The number of nitrogens with one attached hydrogen (secondary N) is 1. The zero-order valence-electron chi connectivity index (χ0n) is 21.0. The van der Waals surface area contributed by atoms with Crippen molar-refractivity contribution in [2.75, 3.05) is 5.75 Å². The number of carbonyl (C=O) groups excluding carboxylic acids is 2. The van der Waals surface area contributed by atoms with Crippen LogP contribution in [0.15, 0.2) is 76.7 Å². The fourth-order valence-electron chi connectivity index (χ4n) is 3.82. The first kappa shape index (κ1) is 26.3.